The van der Waals surface area contributed by atoms with Crippen LogP contribution in [0.4, 0.5) is 0 Å². The van der Waals surface area contributed by atoms with Gasteiger partial charge in [-0.05, 0) is 6.42 Å². The predicted octanol–water partition coefficient (Wildman–Crippen LogP) is 1.56. The molecule has 0 rings (SSSR count). The largest absolute Gasteiger partial charge is 1.00 e. The molecule has 0 saturated heterocycles. The zero-order valence-corrected chi connectivity index (χ0v) is 16.9. The molecule has 0 aliphatic carbocycles. The summed E-state index contributed by atoms with van der Waals surface area (Å²) in [5.74, 6) is 0. The van der Waals surface area contributed by atoms with E-state index in [0.717, 1.165) is 12.8 Å². The standard InChI is InChI=1S/C15H33O4P.Na/c1-2-3-4-5-6-7-8-9-10-11-12-13-14-15-19-20(16,17)18;/h2-15H2,1H3,(H2,16,17,18);/q;+1/p-1. The van der Waals surface area contributed by atoms with E-state index in [1.807, 2.05) is 0 Å². The van der Waals surface area contributed by atoms with E-state index in [9.17, 15) is 9.46 Å². The van der Waals surface area contributed by atoms with Gasteiger partial charge in [0.15, 0.2) is 0 Å². The molecule has 0 aromatic rings. The van der Waals surface area contributed by atoms with Crippen LogP contribution in [0.25, 0.3) is 0 Å². The van der Waals surface area contributed by atoms with Gasteiger partial charge < -0.3 is 14.3 Å². The van der Waals surface area contributed by atoms with Gasteiger partial charge >= 0.3 is 29.6 Å². The molecule has 1 unspecified atom stereocenters. The van der Waals surface area contributed by atoms with Gasteiger partial charge in [0.2, 0.25) is 0 Å². The molecule has 0 saturated carbocycles. The molecule has 0 bridgehead atoms. The van der Waals surface area contributed by atoms with Gasteiger partial charge in [-0.2, -0.15) is 0 Å². The number of phosphoric ester groups is 1. The summed E-state index contributed by atoms with van der Waals surface area (Å²) in [5.41, 5.74) is 0. The summed E-state index contributed by atoms with van der Waals surface area (Å²) in [6.07, 6.45) is 16.2. The SMILES string of the molecule is CCCCCCCCCCCCCCCOP(=O)([O-])O.[Na+]. The first-order valence-electron chi connectivity index (χ1n) is 8.24. The molecule has 0 aliphatic rings. The molecule has 6 heteroatoms. The third kappa shape index (κ3) is 23.5. The third-order valence-corrected chi connectivity index (χ3v) is 4.01. The second-order valence-corrected chi connectivity index (χ2v) is 6.74. The molecule has 0 aliphatic heterocycles. The number of hydrogen-bond acceptors (Lipinski definition) is 3. The van der Waals surface area contributed by atoms with Crippen molar-refractivity contribution < 1.29 is 48.4 Å². The van der Waals surface area contributed by atoms with Crippen LogP contribution in [0.1, 0.15) is 90.4 Å². The molecule has 1 atom stereocenters. The summed E-state index contributed by atoms with van der Waals surface area (Å²) in [7, 11) is -4.50. The zero-order chi connectivity index (χ0) is 15.1. The van der Waals surface area contributed by atoms with E-state index in [1.54, 1.807) is 0 Å². The van der Waals surface area contributed by atoms with E-state index in [-0.39, 0.29) is 36.2 Å². The van der Waals surface area contributed by atoms with Gasteiger partial charge in [-0.3, -0.25) is 4.57 Å². The summed E-state index contributed by atoms with van der Waals surface area (Å²) < 4.78 is 14.6. The van der Waals surface area contributed by atoms with Crippen molar-refractivity contribution in [2.75, 3.05) is 6.61 Å². The van der Waals surface area contributed by atoms with Gasteiger partial charge in [0.1, 0.15) is 0 Å². The van der Waals surface area contributed by atoms with E-state index in [4.69, 9.17) is 4.89 Å². The fourth-order valence-corrected chi connectivity index (χ4v) is 2.66. The fourth-order valence-electron chi connectivity index (χ4n) is 2.30. The van der Waals surface area contributed by atoms with E-state index >= 15 is 0 Å². The first-order valence-corrected chi connectivity index (χ1v) is 9.74. The van der Waals surface area contributed by atoms with E-state index in [1.165, 1.54) is 64.2 Å². The van der Waals surface area contributed by atoms with Crippen molar-refractivity contribution in [2.45, 2.75) is 90.4 Å². The minimum absolute atomic E-state index is 0. The van der Waals surface area contributed by atoms with Crippen molar-refractivity contribution in [1.29, 1.82) is 0 Å². The molecule has 4 nitrogen and oxygen atoms in total. The van der Waals surface area contributed by atoms with Gasteiger partial charge in [-0.25, -0.2) is 0 Å². The van der Waals surface area contributed by atoms with Gasteiger partial charge in [-0.1, -0.05) is 84.0 Å². The zero-order valence-electron chi connectivity index (χ0n) is 14.0. The van der Waals surface area contributed by atoms with Crippen molar-refractivity contribution in [3.8, 4) is 0 Å². The van der Waals surface area contributed by atoms with Crippen LogP contribution in [0, 0.1) is 0 Å². The normalized spacial score (nSPS) is 13.7. The quantitative estimate of drug-likeness (QED) is 0.281. The summed E-state index contributed by atoms with van der Waals surface area (Å²) in [6, 6.07) is 0. The smallest absolute Gasteiger partial charge is 0.756 e. The maximum Gasteiger partial charge on any atom is 1.00 e. The van der Waals surface area contributed by atoms with Crippen molar-refractivity contribution in [2.24, 2.45) is 0 Å². The monoisotopic (exact) mass is 330 g/mol. The first kappa shape index (κ1) is 24.4. The molecular formula is C15H32NaO4P. The number of unbranched alkanes of at least 4 members (excludes halogenated alkanes) is 12. The third-order valence-electron chi connectivity index (χ3n) is 3.50. The number of phosphoric acid groups is 1. The van der Waals surface area contributed by atoms with Crippen LogP contribution < -0.4 is 34.5 Å². The van der Waals surface area contributed by atoms with E-state index in [0.29, 0.717) is 6.42 Å². The summed E-state index contributed by atoms with van der Waals surface area (Å²) >= 11 is 0. The van der Waals surface area contributed by atoms with Crippen molar-refractivity contribution >= 4 is 7.82 Å². The van der Waals surface area contributed by atoms with Crippen LogP contribution in [0.2, 0.25) is 0 Å². The summed E-state index contributed by atoms with van der Waals surface area (Å²) in [6.45, 7) is 2.35. The Hall–Kier alpha value is 1.11. The molecule has 21 heavy (non-hydrogen) atoms. The minimum Gasteiger partial charge on any atom is -0.756 e. The Labute approximate surface area is 153 Å². The molecular weight excluding hydrogens is 298 g/mol. The second-order valence-electron chi connectivity index (χ2n) is 5.54. The minimum atomic E-state index is -4.50. The summed E-state index contributed by atoms with van der Waals surface area (Å²) in [5, 5.41) is 0. The van der Waals surface area contributed by atoms with E-state index in [2.05, 4.69) is 11.4 Å². The Balaban J connectivity index is 0. The molecule has 0 spiro atoms. The molecule has 0 fully saturated rings. The average molecular weight is 330 g/mol. The molecule has 0 radical (unpaired) electrons. The first-order chi connectivity index (χ1) is 9.56. The van der Waals surface area contributed by atoms with Crippen LogP contribution in [-0.2, 0) is 9.09 Å². The van der Waals surface area contributed by atoms with E-state index < -0.39 is 7.82 Å². The number of hydrogen-bond donors (Lipinski definition) is 1. The van der Waals surface area contributed by atoms with Crippen LogP contribution in [0.3, 0.4) is 0 Å². The van der Waals surface area contributed by atoms with Gasteiger partial charge in [0.05, 0.1) is 6.61 Å². The van der Waals surface area contributed by atoms with Crippen molar-refractivity contribution in [1.82, 2.24) is 0 Å². The predicted molar refractivity (Wildman–Crippen MR) is 81.5 cm³/mol. The Morgan fingerprint density at radius 1 is 0.810 bits per heavy atom. The molecule has 122 valence electrons. The Bertz CT molecular complexity index is 246. The Morgan fingerprint density at radius 3 is 1.48 bits per heavy atom. The molecule has 0 aromatic heterocycles. The van der Waals surface area contributed by atoms with Crippen LogP contribution in [0.5, 0.6) is 0 Å². The van der Waals surface area contributed by atoms with Gasteiger partial charge in [0, 0.05) is 0 Å². The second kappa shape index (κ2) is 17.5. The van der Waals surface area contributed by atoms with Gasteiger partial charge in [0.25, 0.3) is 7.82 Å². The topological polar surface area (TPSA) is 69.6 Å². The molecule has 1 N–H and O–H groups in total. The van der Waals surface area contributed by atoms with Crippen LogP contribution in [-0.4, -0.2) is 11.5 Å². The average Bonchev–Trinajstić information content (AvgIpc) is 2.38. The van der Waals surface area contributed by atoms with Gasteiger partial charge in [-0.15, -0.1) is 0 Å². The molecule has 0 heterocycles. The maximum atomic E-state index is 10.3. The summed E-state index contributed by atoms with van der Waals surface area (Å²) in [4.78, 5) is 18.7. The van der Waals surface area contributed by atoms with Crippen molar-refractivity contribution in [3.05, 3.63) is 0 Å². The fraction of sp³-hybridized carbons (Fsp3) is 1.00. The molecule has 0 amide bonds. The Morgan fingerprint density at radius 2 is 1.14 bits per heavy atom. The van der Waals surface area contributed by atoms with Crippen LogP contribution in [0.15, 0.2) is 0 Å². The molecule has 0 aromatic carbocycles. The maximum absolute atomic E-state index is 10.3. The van der Waals surface area contributed by atoms with Crippen LogP contribution >= 0.6 is 7.82 Å². The Kier molecular flexibility index (Phi) is 20.3. The number of rotatable bonds is 15. The van der Waals surface area contributed by atoms with Crippen molar-refractivity contribution in [3.63, 3.8) is 0 Å².